The van der Waals surface area contributed by atoms with Gasteiger partial charge in [0.25, 0.3) is 0 Å². The second-order valence-corrected chi connectivity index (χ2v) is 3.33. The number of hydrogen-bond acceptors (Lipinski definition) is 4. The third-order valence-corrected chi connectivity index (χ3v) is 1.94. The number of nitrogen functional groups attached to an aromatic ring is 2. The zero-order chi connectivity index (χ0) is 12.8. The molecule has 1 amide bonds. The molecule has 90 valence electrons. The first-order valence-electron chi connectivity index (χ1n) is 4.82. The van der Waals surface area contributed by atoms with Crippen LogP contribution in [0.2, 0.25) is 0 Å². The first-order chi connectivity index (χ1) is 7.99. The molecule has 0 aliphatic carbocycles. The van der Waals surface area contributed by atoms with Crippen LogP contribution < -0.4 is 16.8 Å². The van der Waals surface area contributed by atoms with Crippen LogP contribution in [0.25, 0.3) is 6.08 Å². The molecule has 1 aromatic rings. The molecule has 1 rings (SSSR count). The van der Waals surface area contributed by atoms with E-state index in [1.807, 2.05) is 0 Å². The standard InChI is InChI=1S/C11H13N3O3/c12-8-2-3-9(13)7(5-8)1-4-10(15)14-6-11(16)17/h1-5H,6,12-13H2,(H,14,15)(H,16,17). The average Bonchev–Trinajstić information content (AvgIpc) is 2.27. The number of carboxylic acids is 1. The van der Waals surface area contributed by atoms with E-state index in [1.54, 1.807) is 18.2 Å². The Morgan fingerprint density at radius 1 is 1.35 bits per heavy atom. The van der Waals surface area contributed by atoms with Gasteiger partial charge >= 0.3 is 5.97 Å². The van der Waals surface area contributed by atoms with Gasteiger partial charge in [-0.1, -0.05) is 0 Å². The second kappa shape index (κ2) is 5.55. The minimum absolute atomic E-state index is 0.421. The number of carbonyl (C=O) groups is 2. The normalized spacial score (nSPS) is 10.4. The van der Waals surface area contributed by atoms with Crippen molar-refractivity contribution in [1.29, 1.82) is 0 Å². The quantitative estimate of drug-likeness (QED) is 0.435. The first kappa shape index (κ1) is 12.6. The highest BCUT2D eigenvalue weighted by Crippen LogP contribution is 2.16. The number of carbonyl (C=O) groups excluding carboxylic acids is 1. The zero-order valence-electron chi connectivity index (χ0n) is 9.01. The molecule has 6 nitrogen and oxygen atoms in total. The van der Waals surface area contributed by atoms with Crippen LogP contribution in [-0.4, -0.2) is 23.5 Å². The van der Waals surface area contributed by atoms with Crippen molar-refractivity contribution >= 4 is 29.3 Å². The third-order valence-electron chi connectivity index (χ3n) is 1.94. The summed E-state index contributed by atoms with van der Waals surface area (Å²) in [4.78, 5) is 21.4. The lowest BCUT2D eigenvalue weighted by molar-refractivity contribution is -0.137. The fourth-order valence-electron chi connectivity index (χ4n) is 1.12. The molecule has 0 aliphatic rings. The van der Waals surface area contributed by atoms with E-state index in [0.717, 1.165) is 0 Å². The number of hydrogen-bond donors (Lipinski definition) is 4. The predicted molar refractivity (Wildman–Crippen MR) is 64.9 cm³/mol. The van der Waals surface area contributed by atoms with E-state index in [2.05, 4.69) is 5.32 Å². The van der Waals surface area contributed by atoms with Gasteiger partial charge in [0.2, 0.25) is 5.91 Å². The summed E-state index contributed by atoms with van der Waals surface area (Å²) >= 11 is 0. The van der Waals surface area contributed by atoms with Crippen LogP contribution in [0.1, 0.15) is 5.56 Å². The lowest BCUT2D eigenvalue weighted by Crippen LogP contribution is -2.27. The van der Waals surface area contributed by atoms with Gasteiger partial charge in [0.1, 0.15) is 6.54 Å². The Labute approximate surface area is 97.9 Å². The zero-order valence-corrected chi connectivity index (χ0v) is 9.01. The molecule has 0 aromatic heterocycles. The number of rotatable bonds is 4. The summed E-state index contributed by atoms with van der Waals surface area (Å²) in [6.45, 7) is -0.421. The summed E-state index contributed by atoms with van der Waals surface area (Å²) in [5, 5.41) is 10.5. The molecule has 0 radical (unpaired) electrons. The molecule has 0 saturated heterocycles. The van der Waals surface area contributed by atoms with Gasteiger partial charge in [0.05, 0.1) is 0 Å². The molecule has 0 spiro atoms. The molecule has 1 aromatic carbocycles. The number of carboxylic acid groups (broad SMARTS) is 1. The van der Waals surface area contributed by atoms with Gasteiger partial charge < -0.3 is 21.9 Å². The SMILES string of the molecule is Nc1ccc(N)c(C=CC(=O)NCC(=O)O)c1. The second-order valence-electron chi connectivity index (χ2n) is 3.33. The molecule has 0 heterocycles. The molecular formula is C11H13N3O3. The van der Waals surface area contributed by atoms with Crippen molar-refractivity contribution in [2.75, 3.05) is 18.0 Å². The average molecular weight is 235 g/mol. The van der Waals surface area contributed by atoms with Crippen LogP contribution in [0.4, 0.5) is 11.4 Å². The Kier molecular flexibility index (Phi) is 4.10. The maximum absolute atomic E-state index is 11.2. The Bertz CT molecular complexity index is 469. The highest BCUT2D eigenvalue weighted by atomic mass is 16.4. The lowest BCUT2D eigenvalue weighted by Gasteiger charge is -2.01. The summed E-state index contributed by atoms with van der Waals surface area (Å²) in [6.07, 6.45) is 2.68. The number of amides is 1. The molecular weight excluding hydrogens is 222 g/mol. The molecule has 6 N–H and O–H groups in total. The van der Waals surface area contributed by atoms with Gasteiger partial charge in [-0.2, -0.15) is 0 Å². The molecule has 0 saturated carbocycles. The summed E-state index contributed by atoms with van der Waals surface area (Å²) < 4.78 is 0. The van der Waals surface area contributed by atoms with Crippen LogP contribution in [-0.2, 0) is 9.59 Å². The van der Waals surface area contributed by atoms with Crippen LogP contribution in [0, 0.1) is 0 Å². The third kappa shape index (κ3) is 4.25. The van der Waals surface area contributed by atoms with Gasteiger partial charge in [-0.15, -0.1) is 0 Å². The molecule has 17 heavy (non-hydrogen) atoms. The monoisotopic (exact) mass is 235 g/mol. The topological polar surface area (TPSA) is 118 Å². The van der Waals surface area contributed by atoms with E-state index >= 15 is 0 Å². The van der Waals surface area contributed by atoms with Crippen LogP contribution >= 0.6 is 0 Å². The van der Waals surface area contributed by atoms with Crippen LogP contribution in [0.5, 0.6) is 0 Å². The van der Waals surface area contributed by atoms with Crippen molar-refractivity contribution in [3.63, 3.8) is 0 Å². The molecule has 6 heteroatoms. The van der Waals surface area contributed by atoms with Crippen molar-refractivity contribution in [1.82, 2.24) is 5.32 Å². The summed E-state index contributed by atoms with van der Waals surface area (Å²) in [6, 6.07) is 4.90. The molecule has 0 atom stereocenters. The maximum Gasteiger partial charge on any atom is 0.322 e. The molecule has 0 fully saturated rings. The van der Waals surface area contributed by atoms with E-state index in [1.165, 1.54) is 12.2 Å². The number of nitrogens with one attached hydrogen (secondary N) is 1. The predicted octanol–water partition coefficient (Wildman–Crippen LogP) is 0.0650. The van der Waals surface area contributed by atoms with E-state index in [4.69, 9.17) is 16.6 Å². The van der Waals surface area contributed by atoms with Gasteiger partial charge in [-0.3, -0.25) is 9.59 Å². The summed E-state index contributed by atoms with van der Waals surface area (Å²) in [7, 11) is 0. The Morgan fingerprint density at radius 3 is 2.71 bits per heavy atom. The molecule has 0 aliphatic heterocycles. The van der Waals surface area contributed by atoms with Gasteiger partial charge in [-0.25, -0.2) is 0 Å². The first-order valence-corrected chi connectivity index (χ1v) is 4.82. The van der Waals surface area contributed by atoms with Gasteiger partial charge in [-0.05, 0) is 29.8 Å². The number of nitrogens with two attached hydrogens (primary N) is 2. The van der Waals surface area contributed by atoms with Gasteiger partial charge in [0.15, 0.2) is 0 Å². The lowest BCUT2D eigenvalue weighted by atomic mass is 10.1. The summed E-state index contributed by atoms with van der Waals surface area (Å²) in [5.41, 5.74) is 12.9. The fraction of sp³-hybridized carbons (Fsp3) is 0.0909. The molecule has 0 unspecified atom stereocenters. The highest BCUT2D eigenvalue weighted by molar-refractivity contribution is 5.94. The van der Waals surface area contributed by atoms with E-state index < -0.39 is 18.4 Å². The highest BCUT2D eigenvalue weighted by Gasteiger charge is 2.00. The van der Waals surface area contributed by atoms with Gasteiger partial charge in [0, 0.05) is 17.5 Å². The minimum atomic E-state index is -1.10. The van der Waals surface area contributed by atoms with E-state index in [9.17, 15) is 9.59 Å². The number of anilines is 2. The van der Waals surface area contributed by atoms with Crippen LogP contribution in [0.3, 0.4) is 0 Å². The van der Waals surface area contributed by atoms with Crippen LogP contribution in [0.15, 0.2) is 24.3 Å². The maximum atomic E-state index is 11.2. The van der Waals surface area contributed by atoms with Crippen molar-refractivity contribution < 1.29 is 14.7 Å². The van der Waals surface area contributed by atoms with E-state index in [-0.39, 0.29) is 0 Å². The Morgan fingerprint density at radius 2 is 2.06 bits per heavy atom. The van der Waals surface area contributed by atoms with Crippen molar-refractivity contribution in [2.24, 2.45) is 0 Å². The Balaban J connectivity index is 2.67. The fourth-order valence-corrected chi connectivity index (χ4v) is 1.12. The van der Waals surface area contributed by atoms with Crippen molar-refractivity contribution in [2.45, 2.75) is 0 Å². The number of benzene rings is 1. The Hall–Kier alpha value is -2.50. The van der Waals surface area contributed by atoms with Crippen molar-refractivity contribution in [3.05, 3.63) is 29.8 Å². The largest absolute Gasteiger partial charge is 0.480 e. The number of aliphatic carboxylic acids is 1. The molecule has 0 bridgehead atoms. The smallest absolute Gasteiger partial charge is 0.322 e. The minimum Gasteiger partial charge on any atom is -0.480 e. The van der Waals surface area contributed by atoms with E-state index in [0.29, 0.717) is 16.9 Å². The summed E-state index contributed by atoms with van der Waals surface area (Å²) in [5.74, 6) is -1.61. The van der Waals surface area contributed by atoms with Crippen molar-refractivity contribution in [3.8, 4) is 0 Å².